The summed E-state index contributed by atoms with van der Waals surface area (Å²) in [6.45, 7) is 8.15. The van der Waals surface area contributed by atoms with Crippen molar-refractivity contribution in [3.8, 4) is 0 Å². The highest BCUT2D eigenvalue weighted by Gasteiger charge is 2.19. The second-order valence-electron chi connectivity index (χ2n) is 4.52. The van der Waals surface area contributed by atoms with E-state index in [1.54, 1.807) is 0 Å². The van der Waals surface area contributed by atoms with Gasteiger partial charge in [-0.05, 0) is 18.3 Å². The minimum atomic E-state index is -3.43. The molecule has 0 aromatic heterocycles. The van der Waals surface area contributed by atoms with Crippen molar-refractivity contribution in [1.29, 1.82) is 0 Å². The van der Waals surface area contributed by atoms with Crippen molar-refractivity contribution < 1.29 is 17.9 Å². The fourth-order valence-corrected chi connectivity index (χ4v) is 2.41. The van der Waals surface area contributed by atoms with Crippen LogP contribution in [0.2, 0.25) is 0 Å². The molecule has 1 atom stereocenters. The van der Waals surface area contributed by atoms with Crippen LogP contribution in [-0.2, 0) is 19.5 Å². The lowest BCUT2D eigenvalue weighted by Crippen LogP contribution is -2.29. The molecule has 1 unspecified atom stereocenters. The Morgan fingerprint density at radius 3 is 2.18 bits per heavy atom. The molecule has 0 rings (SSSR count). The summed E-state index contributed by atoms with van der Waals surface area (Å²) in [6.07, 6.45) is 0.986. The molecule has 2 N–H and O–H groups in total. The van der Waals surface area contributed by atoms with Gasteiger partial charge in [0.15, 0.2) is 0 Å². The molecule has 6 heteroatoms. The highest BCUT2D eigenvalue weighted by atomic mass is 32.2. The third-order valence-electron chi connectivity index (χ3n) is 2.44. The van der Waals surface area contributed by atoms with E-state index in [-0.39, 0.29) is 17.6 Å². The second-order valence-corrected chi connectivity index (χ2v) is 6.18. The Morgan fingerprint density at radius 2 is 1.71 bits per heavy atom. The molecule has 0 bridgehead atoms. The molecule has 0 radical (unpaired) electrons. The number of hydrogen-bond acceptors (Lipinski definition) is 4. The number of sulfonamides is 1. The highest BCUT2D eigenvalue weighted by Crippen LogP contribution is 2.12. The van der Waals surface area contributed by atoms with Gasteiger partial charge in [-0.1, -0.05) is 20.8 Å². The molecule has 0 amide bonds. The van der Waals surface area contributed by atoms with Gasteiger partial charge in [-0.3, -0.25) is 0 Å². The summed E-state index contributed by atoms with van der Waals surface area (Å²) < 4.78 is 32.7. The van der Waals surface area contributed by atoms with Crippen LogP contribution in [0.25, 0.3) is 0 Å². The Bertz CT molecular complexity index is 277. The van der Waals surface area contributed by atoms with Gasteiger partial charge in [-0.15, -0.1) is 0 Å². The molecule has 0 spiro atoms. The van der Waals surface area contributed by atoms with E-state index in [9.17, 15) is 8.42 Å². The molecule has 0 fully saturated rings. The maximum Gasteiger partial charge on any atom is 0.209 e. The predicted molar refractivity (Wildman–Crippen MR) is 68.2 cm³/mol. The third kappa shape index (κ3) is 10.7. The average molecular weight is 267 g/mol. The standard InChI is InChI=1S/C11H25NO4S/c1-4-5-15-6-7-16-8-11(10(2)3)9-17(12,13)14/h10-11H,4-9H2,1-3H3,(H2,12,13,14). The number of nitrogens with two attached hydrogens (primary N) is 1. The lowest BCUT2D eigenvalue weighted by Gasteiger charge is -2.19. The van der Waals surface area contributed by atoms with Crippen LogP contribution < -0.4 is 5.14 Å². The summed E-state index contributed by atoms with van der Waals surface area (Å²) in [5.74, 6) is 0.140. The molecule has 0 saturated heterocycles. The minimum absolute atomic E-state index is 0.0273. The van der Waals surface area contributed by atoms with Crippen molar-refractivity contribution in [3.05, 3.63) is 0 Å². The van der Waals surface area contributed by atoms with Crippen molar-refractivity contribution >= 4 is 10.0 Å². The zero-order chi connectivity index (χ0) is 13.3. The number of rotatable bonds is 10. The van der Waals surface area contributed by atoms with Crippen LogP contribution >= 0.6 is 0 Å². The van der Waals surface area contributed by atoms with Gasteiger partial charge in [-0.2, -0.15) is 0 Å². The smallest absolute Gasteiger partial charge is 0.209 e. The largest absolute Gasteiger partial charge is 0.379 e. The lowest BCUT2D eigenvalue weighted by atomic mass is 9.99. The highest BCUT2D eigenvalue weighted by molar-refractivity contribution is 7.89. The van der Waals surface area contributed by atoms with Gasteiger partial charge in [0.05, 0.1) is 25.6 Å². The summed E-state index contributed by atoms with van der Waals surface area (Å²) in [5.41, 5.74) is 0. The van der Waals surface area contributed by atoms with E-state index in [0.29, 0.717) is 19.8 Å². The minimum Gasteiger partial charge on any atom is -0.379 e. The van der Waals surface area contributed by atoms with Crippen LogP contribution in [0.15, 0.2) is 0 Å². The van der Waals surface area contributed by atoms with Crippen molar-refractivity contribution in [2.45, 2.75) is 27.2 Å². The molecule has 0 aliphatic carbocycles. The summed E-state index contributed by atoms with van der Waals surface area (Å²) >= 11 is 0. The number of primary sulfonamides is 1. The predicted octanol–water partition coefficient (Wildman–Crippen LogP) is 0.990. The molecular weight excluding hydrogens is 242 g/mol. The van der Waals surface area contributed by atoms with E-state index in [1.165, 1.54) is 0 Å². The maximum absolute atomic E-state index is 11.0. The van der Waals surface area contributed by atoms with Crippen LogP contribution in [0.4, 0.5) is 0 Å². The summed E-state index contributed by atoms with van der Waals surface area (Å²) in [6, 6.07) is 0. The lowest BCUT2D eigenvalue weighted by molar-refractivity contribution is 0.0302. The van der Waals surface area contributed by atoms with E-state index in [0.717, 1.165) is 13.0 Å². The first-order valence-corrected chi connectivity index (χ1v) is 7.74. The molecule has 0 saturated carbocycles. The molecule has 0 aliphatic rings. The van der Waals surface area contributed by atoms with Gasteiger partial charge in [0.1, 0.15) is 0 Å². The molecule has 0 aromatic carbocycles. The molecule has 0 aromatic rings. The molecule has 5 nitrogen and oxygen atoms in total. The maximum atomic E-state index is 11.0. The van der Waals surface area contributed by atoms with Crippen molar-refractivity contribution in [2.24, 2.45) is 17.0 Å². The number of ether oxygens (including phenoxy) is 2. The fraction of sp³-hybridized carbons (Fsp3) is 1.00. The third-order valence-corrected chi connectivity index (χ3v) is 3.33. The Kier molecular flexibility index (Phi) is 8.77. The molecule has 0 aliphatic heterocycles. The van der Waals surface area contributed by atoms with E-state index in [4.69, 9.17) is 14.6 Å². The molecular formula is C11H25NO4S. The van der Waals surface area contributed by atoms with Gasteiger partial charge < -0.3 is 9.47 Å². The van der Waals surface area contributed by atoms with Gasteiger partial charge >= 0.3 is 0 Å². The van der Waals surface area contributed by atoms with Crippen LogP contribution in [-0.4, -0.2) is 40.6 Å². The molecule has 17 heavy (non-hydrogen) atoms. The van der Waals surface area contributed by atoms with E-state index in [2.05, 4.69) is 0 Å². The normalized spacial score (nSPS) is 14.2. The molecule has 104 valence electrons. The zero-order valence-corrected chi connectivity index (χ0v) is 11.8. The fourth-order valence-electron chi connectivity index (χ4n) is 1.33. The monoisotopic (exact) mass is 267 g/mol. The van der Waals surface area contributed by atoms with Crippen LogP contribution in [0.1, 0.15) is 27.2 Å². The molecule has 0 heterocycles. The first-order chi connectivity index (χ1) is 7.87. The Labute approximate surface area is 105 Å². The van der Waals surface area contributed by atoms with E-state index < -0.39 is 10.0 Å². The van der Waals surface area contributed by atoms with Crippen molar-refractivity contribution in [2.75, 3.05) is 32.2 Å². The average Bonchev–Trinajstić information content (AvgIpc) is 2.19. The quantitative estimate of drug-likeness (QED) is 0.599. The Morgan fingerprint density at radius 1 is 1.12 bits per heavy atom. The van der Waals surface area contributed by atoms with Crippen LogP contribution in [0.3, 0.4) is 0 Å². The van der Waals surface area contributed by atoms with Gasteiger partial charge in [-0.25, -0.2) is 13.6 Å². The second kappa shape index (κ2) is 8.85. The van der Waals surface area contributed by atoms with Crippen molar-refractivity contribution in [1.82, 2.24) is 0 Å². The van der Waals surface area contributed by atoms with E-state index in [1.807, 2.05) is 20.8 Å². The van der Waals surface area contributed by atoms with E-state index >= 15 is 0 Å². The zero-order valence-electron chi connectivity index (χ0n) is 11.0. The number of hydrogen-bond donors (Lipinski definition) is 1. The van der Waals surface area contributed by atoms with Crippen molar-refractivity contribution in [3.63, 3.8) is 0 Å². The Hall–Kier alpha value is -0.170. The van der Waals surface area contributed by atoms with Crippen LogP contribution in [0.5, 0.6) is 0 Å². The first-order valence-electron chi connectivity index (χ1n) is 6.02. The summed E-state index contributed by atoms with van der Waals surface area (Å²) in [4.78, 5) is 0. The topological polar surface area (TPSA) is 78.6 Å². The van der Waals surface area contributed by atoms with Crippen LogP contribution in [0, 0.1) is 11.8 Å². The van der Waals surface area contributed by atoms with Gasteiger partial charge in [0, 0.05) is 6.61 Å². The first kappa shape index (κ1) is 16.8. The van der Waals surface area contributed by atoms with Gasteiger partial charge in [0.25, 0.3) is 0 Å². The summed E-state index contributed by atoms with van der Waals surface area (Å²) in [7, 11) is -3.43. The SMILES string of the molecule is CCCOCCOCC(CS(N)(=O)=O)C(C)C. The summed E-state index contributed by atoms with van der Waals surface area (Å²) in [5, 5.41) is 5.04. The Balaban J connectivity index is 3.79. The van der Waals surface area contributed by atoms with Gasteiger partial charge in [0.2, 0.25) is 10.0 Å².